The van der Waals surface area contributed by atoms with Gasteiger partial charge in [-0.25, -0.2) is 4.79 Å². The van der Waals surface area contributed by atoms with Crippen LogP contribution in [0.15, 0.2) is 54.6 Å². The summed E-state index contributed by atoms with van der Waals surface area (Å²) in [6.45, 7) is 9.55. The number of likely N-dealkylation sites (tertiary alicyclic amines) is 1. The van der Waals surface area contributed by atoms with Gasteiger partial charge in [0.1, 0.15) is 12.1 Å². The third-order valence-corrected chi connectivity index (χ3v) is 7.64. The molecule has 0 radical (unpaired) electrons. The van der Waals surface area contributed by atoms with Gasteiger partial charge >= 0.3 is 6.03 Å². The highest BCUT2D eigenvalue weighted by molar-refractivity contribution is 5.97. The first-order valence-corrected chi connectivity index (χ1v) is 13.3. The van der Waals surface area contributed by atoms with E-state index >= 15 is 0 Å². The van der Waals surface area contributed by atoms with Crippen LogP contribution in [0.4, 0.5) is 16.2 Å². The first-order valence-electron chi connectivity index (χ1n) is 13.3. The van der Waals surface area contributed by atoms with Gasteiger partial charge in [-0.3, -0.25) is 9.59 Å². The lowest BCUT2D eigenvalue weighted by Crippen LogP contribution is -2.58. The van der Waals surface area contributed by atoms with Crippen LogP contribution in [0.5, 0.6) is 0 Å². The Morgan fingerprint density at radius 2 is 1.62 bits per heavy atom. The molecule has 0 saturated carbocycles. The molecule has 2 aromatic rings. The normalized spacial score (nSPS) is 17.9. The van der Waals surface area contributed by atoms with Crippen molar-refractivity contribution in [2.24, 2.45) is 0 Å². The maximum Gasteiger partial charge on any atom is 0.321 e. The van der Waals surface area contributed by atoms with E-state index in [1.54, 1.807) is 9.80 Å². The molecule has 0 aliphatic carbocycles. The van der Waals surface area contributed by atoms with Gasteiger partial charge in [0.05, 0.1) is 6.67 Å². The molecule has 4 rings (SSSR count). The van der Waals surface area contributed by atoms with E-state index in [4.69, 9.17) is 0 Å². The second-order valence-corrected chi connectivity index (χ2v) is 10.5. The van der Waals surface area contributed by atoms with E-state index in [1.165, 1.54) is 5.56 Å². The van der Waals surface area contributed by atoms with Gasteiger partial charge in [-0.1, -0.05) is 51.1 Å². The number of para-hydroxylation sites is 1. The van der Waals surface area contributed by atoms with Crippen molar-refractivity contribution in [3.63, 3.8) is 0 Å². The Morgan fingerprint density at radius 3 is 2.22 bits per heavy atom. The molecular formula is C29H39N5O3. The maximum absolute atomic E-state index is 13.8. The number of anilines is 2. The minimum atomic E-state index is -0.770. The molecule has 2 aliphatic rings. The van der Waals surface area contributed by atoms with Gasteiger partial charge in [-0.2, -0.15) is 0 Å². The van der Waals surface area contributed by atoms with Gasteiger partial charge < -0.3 is 25.3 Å². The van der Waals surface area contributed by atoms with Crippen molar-refractivity contribution in [1.82, 2.24) is 15.1 Å². The zero-order valence-corrected chi connectivity index (χ0v) is 22.4. The fraction of sp³-hybridized carbons (Fsp3) is 0.483. The van der Waals surface area contributed by atoms with Crippen molar-refractivity contribution in [2.75, 3.05) is 36.5 Å². The average Bonchev–Trinajstić information content (AvgIpc) is 3.15. The number of nitrogens with one attached hydrogen (secondary N) is 2. The number of nitrogens with zero attached hydrogens (tertiary/aromatic N) is 3. The van der Waals surface area contributed by atoms with Crippen LogP contribution >= 0.6 is 0 Å². The van der Waals surface area contributed by atoms with Crippen molar-refractivity contribution in [3.05, 3.63) is 60.2 Å². The highest BCUT2D eigenvalue weighted by atomic mass is 16.2. The smallest absolute Gasteiger partial charge is 0.321 e. The zero-order valence-electron chi connectivity index (χ0n) is 22.4. The first kappa shape index (κ1) is 26.5. The predicted octanol–water partition coefficient (Wildman–Crippen LogP) is 4.40. The monoisotopic (exact) mass is 505 g/mol. The van der Waals surface area contributed by atoms with Crippen molar-refractivity contribution in [1.29, 1.82) is 0 Å². The lowest BCUT2D eigenvalue weighted by atomic mass is 9.85. The lowest BCUT2D eigenvalue weighted by molar-refractivity contribution is -0.137. The Bertz CT molecular complexity index is 1090. The summed E-state index contributed by atoms with van der Waals surface area (Å²) in [6.07, 6.45) is 1.84. The van der Waals surface area contributed by atoms with E-state index in [1.807, 2.05) is 68.4 Å². The quantitative estimate of drug-likeness (QED) is 0.584. The minimum Gasteiger partial charge on any atom is -0.352 e. The number of piperidine rings is 1. The van der Waals surface area contributed by atoms with Gasteiger partial charge in [-0.15, -0.1) is 0 Å². The maximum atomic E-state index is 13.8. The number of benzene rings is 2. The van der Waals surface area contributed by atoms with E-state index in [2.05, 4.69) is 29.4 Å². The van der Waals surface area contributed by atoms with Crippen molar-refractivity contribution in [3.8, 4) is 0 Å². The molecule has 0 aromatic heterocycles. The van der Waals surface area contributed by atoms with Crippen LogP contribution in [0, 0.1) is 0 Å². The van der Waals surface area contributed by atoms with Gasteiger partial charge in [0, 0.05) is 30.5 Å². The topological polar surface area (TPSA) is 85.0 Å². The number of amides is 4. The van der Waals surface area contributed by atoms with Crippen LogP contribution in [0.2, 0.25) is 0 Å². The van der Waals surface area contributed by atoms with Crippen molar-refractivity contribution >= 4 is 29.2 Å². The Kier molecular flexibility index (Phi) is 8.05. The van der Waals surface area contributed by atoms with Gasteiger partial charge in [0.15, 0.2) is 0 Å². The molecular weight excluding hydrogens is 466 g/mol. The highest BCUT2D eigenvalue weighted by Gasteiger charge is 2.54. The molecule has 2 aromatic carbocycles. The number of hydrogen-bond donors (Lipinski definition) is 2. The van der Waals surface area contributed by atoms with Crippen LogP contribution in [0.3, 0.4) is 0 Å². The molecule has 4 amide bonds. The Hall–Kier alpha value is -3.55. The fourth-order valence-electron chi connectivity index (χ4n) is 5.15. The van der Waals surface area contributed by atoms with E-state index in [0.29, 0.717) is 38.5 Å². The molecule has 37 heavy (non-hydrogen) atoms. The van der Waals surface area contributed by atoms with E-state index in [-0.39, 0.29) is 30.4 Å². The number of carbonyl (C=O) groups is 3. The van der Waals surface area contributed by atoms with Crippen LogP contribution in [-0.4, -0.2) is 65.5 Å². The fourth-order valence-corrected chi connectivity index (χ4v) is 5.15. The molecule has 198 valence electrons. The summed E-state index contributed by atoms with van der Waals surface area (Å²) in [4.78, 5) is 45.0. The summed E-state index contributed by atoms with van der Waals surface area (Å²) in [7, 11) is 0. The summed E-state index contributed by atoms with van der Waals surface area (Å²) < 4.78 is 0. The van der Waals surface area contributed by atoms with Gasteiger partial charge in [-0.05, 0) is 61.9 Å². The Balaban J connectivity index is 1.46. The molecule has 2 N–H and O–H groups in total. The lowest BCUT2D eigenvalue weighted by Gasteiger charge is -2.43. The molecule has 2 fully saturated rings. The highest BCUT2D eigenvalue weighted by Crippen LogP contribution is 2.39. The average molecular weight is 506 g/mol. The zero-order chi connectivity index (χ0) is 26.6. The number of rotatable bonds is 7. The van der Waals surface area contributed by atoms with Crippen LogP contribution in [0.25, 0.3) is 0 Å². The summed E-state index contributed by atoms with van der Waals surface area (Å²) in [6, 6.07) is 17.7. The standard InChI is InChI=1S/C29H39N5O3/c1-5-22(4)30-26(35)19-33-20-34(25-9-7-6-8-10-25)29(27(33)36)15-17-32(18-16-29)28(37)31-24-13-11-23(12-14-24)21(2)3/h6-14,21-22H,5,15-20H2,1-4H3,(H,30,35)(H,31,37). The summed E-state index contributed by atoms with van der Waals surface area (Å²) in [5.41, 5.74) is 2.16. The van der Waals surface area contributed by atoms with Gasteiger partial charge in [0.25, 0.3) is 5.91 Å². The van der Waals surface area contributed by atoms with E-state index < -0.39 is 5.54 Å². The molecule has 2 saturated heterocycles. The molecule has 8 nitrogen and oxygen atoms in total. The molecule has 1 atom stereocenters. The Morgan fingerprint density at radius 1 is 0.973 bits per heavy atom. The molecule has 0 bridgehead atoms. The molecule has 2 heterocycles. The van der Waals surface area contributed by atoms with Crippen LogP contribution in [0.1, 0.15) is 58.4 Å². The second-order valence-electron chi connectivity index (χ2n) is 10.5. The SMILES string of the molecule is CCC(C)NC(=O)CN1CN(c2ccccc2)C2(CCN(C(=O)Nc3ccc(C(C)C)cc3)CC2)C1=O. The minimum absolute atomic E-state index is 0.0326. The number of hydrogen-bond acceptors (Lipinski definition) is 4. The largest absolute Gasteiger partial charge is 0.352 e. The van der Waals surface area contributed by atoms with E-state index in [0.717, 1.165) is 17.8 Å². The summed E-state index contributed by atoms with van der Waals surface area (Å²) >= 11 is 0. The second kappa shape index (κ2) is 11.2. The molecule has 1 spiro atoms. The third-order valence-electron chi connectivity index (χ3n) is 7.64. The van der Waals surface area contributed by atoms with E-state index in [9.17, 15) is 14.4 Å². The van der Waals surface area contributed by atoms with Crippen molar-refractivity contribution in [2.45, 2.75) is 64.5 Å². The predicted molar refractivity (Wildman–Crippen MR) is 146 cm³/mol. The number of carbonyl (C=O) groups excluding carboxylic acids is 3. The first-order chi connectivity index (χ1) is 17.7. The molecule has 8 heteroatoms. The summed E-state index contributed by atoms with van der Waals surface area (Å²) in [5.74, 6) is 0.244. The number of urea groups is 1. The molecule has 2 aliphatic heterocycles. The van der Waals surface area contributed by atoms with Gasteiger partial charge in [0.2, 0.25) is 5.91 Å². The summed E-state index contributed by atoms with van der Waals surface area (Å²) in [5, 5.41) is 5.96. The Labute approximate surface area is 220 Å². The molecule has 1 unspecified atom stereocenters. The van der Waals surface area contributed by atoms with Crippen LogP contribution in [-0.2, 0) is 9.59 Å². The third kappa shape index (κ3) is 5.73. The van der Waals surface area contributed by atoms with Crippen LogP contribution < -0.4 is 15.5 Å². The van der Waals surface area contributed by atoms with Crippen molar-refractivity contribution < 1.29 is 14.4 Å².